The number of nitro benzene ring substituents is 1. The number of nitro groups is 1. The van der Waals surface area contributed by atoms with Gasteiger partial charge < -0.3 is 26.5 Å². The number of nitrogens with zero attached hydrogens (tertiary/aromatic N) is 3. The second kappa shape index (κ2) is 7.87. The molecule has 0 radical (unpaired) electrons. The molecule has 0 saturated heterocycles. The van der Waals surface area contributed by atoms with Crippen LogP contribution in [0.1, 0.15) is 22.3 Å². The molecule has 0 amide bonds. The van der Waals surface area contributed by atoms with Crippen molar-refractivity contribution in [3.05, 3.63) is 81.4 Å². The number of aromatic nitrogens is 2. The van der Waals surface area contributed by atoms with Crippen molar-refractivity contribution in [3.8, 4) is 11.5 Å². The van der Waals surface area contributed by atoms with Gasteiger partial charge in [0.2, 0.25) is 6.33 Å². The first-order chi connectivity index (χ1) is 13.7. The van der Waals surface area contributed by atoms with Gasteiger partial charge in [-0.3, -0.25) is 10.1 Å². The average Bonchev–Trinajstić information content (AvgIpc) is 3.42. The number of benzene rings is 2. The maximum atomic E-state index is 10.8. The first kappa shape index (κ1) is 19.4. The molecule has 0 saturated carbocycles. The number of imidazole rings is 1. The van der Waals surface area contributed by atoms with Gasteiger partial charge in [-0.1, -0.05) is 0 Å². The minimum atomic E-state index is -0.379. The molecule has 7 nitrogen and oxygen atoms in total. The summed E-state index contributed by atoms with van der Waals surface area (Å²) in [6.07, 6.45) is 7.97. The molecule has 0 spiro atoms. The van der Waals surface area contributed by atoms with E-state index < -0.39 is 0 Å². The maximum Gasteiger partial charge on any atom is 0.269 e. The second-order valence-corrected chi connectivity index (χ2v) is 7.20. The number of rotatable bonds is 5. The summed E-state index contributed by atoms with van der Waals surface area (Å²) in [7, 11) is 0. The molecule has 5 rings (SSSR count). The molecular weight excluding hydrogens is 438 g/mol. The Hall–Kier alpha value is -2.87. The Bertz CT molecular complexity index is 1030. The molecule has 150 valence electrons. The molecule has 0 bridgehead atoms. The highest BCUT2D eigenvalue weighted by atomic mass is 79.9. The van der Waals surface area contributed by atoms with Gasteiger partial charge in [-0.2, -0.15) is 0 Å². The van der Waals surface area contributed by atoms with Crippen LogP contribution >= 0.6 is 0 Å². The van der Waals surface area contributed by atoms with Gasteiger partial charge in [-0.25, -0.2) is 9.13 Å². The Morgan fingerprint density at radius 2 is 1.93 bits per heavy atom. The Morgan fingerprint density at radius 1 is 1.14 bits per heavy atom. The molecule has 0 fully saturated rings. The van der Waals surface area contributed by atoms with E-state index >= 15 is 0 Å². The van der Waals surface area contributed by atoms with E-state index in [1.54, 1.807) is 24.3 Å². The lowest BCUT2D eigenvalue weighted by Gasteiger charge is -2.11. The first-order valence-electron chi connectivity index (χ1n) is 9.39. The highest BCUT2D eigenvalue weighted by Crippen LogP contribution is 2.40. The first-order valence-corrected chi connectivity index (χ1v) is 9.39. The van der Waals surface area contributed by atoms with E-state index in [9.17, 15) is 10.1 Å². The van der Waals surface area contributed by atoms with Crippen LogP contribution in [0.25, 0.3) is 0 Å². The van der Waals surface area contributed by atoms with E-state index in [0.29, 0.717) is 6.54 Å². The van der Waals surface area contributed by atoms with Crippen LogP contribution in [0.2, 0.25) is 0 Å². The molecule has 0 aliphatic carbocycles. The molecule has 8 heteroatoms. The van der Waals surface area contributed by atoms with Crippen LogP contribution in [0.5, 0.6) is 11.5 Å². The molecule has 0 N–H and O–H groups in total. The highest BCUT2D eigenvalue weighted by molar-refractivity contribution is 5.56. The Labute approximate surface area is 178 Å². The molecule has 2 aromatic carbocycles. The van der Waals surface area contributed by atoms with Gasteiger partial charge in [0.25, 0.3) is 5.69 Å². The lowest BCUT2D eigenvalue weighted by molar-refractivity contribution is -0.687. The standard InChI is InChI=1S/C21H20N3O4.BrH/c25-24(26)17-3-1-15(2-4-17)12-22-7-8-23(14-22)13-19-18-6-10-27-20(18)11-16-5-9-28-21(16)19;/h1-4,7-8,11,14H,5-6,9-10,12-13H2;1H/q+1;/p-1. The molecule has 1 aromatic heterocycles. The summed E-state index contributed by atoms with van der Waals surface area (Å²) in [5.74, 6) is 2.03. The summed E-state index contributed by atoms with van der Waals surface area (Å²) in [4.78, 5) is 10.4. The van der Waals surface area contributed by atoms with Crippen molar-refractivity contribution in [3.63, 3.8) is 0 Å². The molecule has 0 unspecified atom stereocenters. The van der Waals surface area contributed by atoms with Gasteiger partial charge in [0.1, 0.15) is 37.0 Å². The summed E-state index contributed by atoms with van der Waals surface area (Å²) < 4.78 is 15.9. The summed E-state index contributed by atoms with van der Waals surface area (Å²) >= 11 is 0. The van der Waals surface area contributed by atoms with E-state index in [4.69, 9.17) is 9.47 Å². The van der Waals surface area contributed by atoms with Crippen LogP contribution in [-0.4, -0.2) is 22.7 Å². The molecule has 3 aromatic rings. The topological polar surface area (TPSA) is 70.4 Å². The number of non-ortho nitro benzene ring substituents is 1. The van der Waals surface area contributed by atoms with Crippen LogP contribution in [-0.2, 0) is 25.9 Å². The van der Waals surface area contributed by atoms with Gasteiger partial charge in [-0.05, 0) is 23.8 Å². The molecule has 3 heterocycles. The summed E-state index contributed by atoms with van der Waals surface area (Å²) in [5.41, 5.74) is 4.85. The van der Waals surface area contributed by atoms with Crippen molar-refractivity contribution < 1.29 is 35.9 Å². The van der Waals surface area contributed by atoms with E-state index in [0.717, 1.165) is 49.7 Å². The van der Waals surface area contributed by atoms with Crippen LogP contribution < -0.4 is 31.0 Å². The SMILES string of the molecule is O=[N+]([O-])c1ccc(C[n+]2ccn(Cc3c4c(cc5c3OCC5)OCC4)c2)cc1.[Br-]. The number of fused-ring (bicyclic) bond motifs is 2. The van der Waals surface area contributed by atoms with Gasteiger partial charge in [0.05, 0.1) is 18.1 Å². The fraction of sp³-hybridized carbons (Fsp3) is 0.286. The highest BCUT2D eigenvalue weighted by Gasteiger charge is 2.27. The summed E-state index contributed by atoms with van der Waals surface area (Å²) in [6, 6.07) is 8.81. The van der Waals surface area contributed by atoms with E-state index in [1.807, 2.05) is 12.4 Å². The molecule has 29 heavy (non-hydrogen) atoms. The lowest BCUT2D eigenvalue weighted by atomic mass is 9.99. The normalized spacial score (nSPS) is 13.8. The number of ether oxygens (including phenoxy) is 2. The van der Waals surface area contributed by atoms with Crippen LogP contribution in [0.3, 0.4) is 0 Å². The molecule has 0 atom stereocenters. The summed E-state index contributed by atoms with van der Waals surface area (Å²) in [6.45, 7) is 2.87. The quantitative estimate of drug-likeness (QED) is 0.298. The smallest absolute Gasteiger partial charge is 0.269 e. The van der Waals surface area contributed by atoms with Gasteiger partial charge >= 0.3 is 0 Å². The van der Waals surface area contributed by atoms with Gasteiger partial charge in [0.15, 0.2) is 0 Å². The third-order valence-corrected chi connectivity index (χ3v) is 5.36. The number of hydrogen-bond acceptors (Lipinski definition) is 4. The van der Waals surface area contributed by atoms with Gasteiger partial charge in [0, 0.05) is 41.7 Å². The number of halogens is 1. The largest absolute Gasteiger partial charge is 1.00 e. The van der Waals surface area contributed by atoms with Gasteiger partial charge in [-0.15, -0.1) is 0 Å². The minimum Gasteiger partial charge on any atom is -1.00 e. The predicted molar refractivity (Wildman–Crippen MR) is 101 cm³/mol. The zero-order chi connectivity index (χ0) is 19.1. The lowest BCUT2D eigenvalue weighted by Crippen LogP contribution is -3.00. The van der Waals surface area contributed by atoms with Crippen molar-refractivity contribution >= 4 is 5.69 Å². The molecule has 2 aliphatic heterocycles. The van der Waals surface area contributed by atoms with Crippen molar-refractivity contribution in [1.82, 2.24) is 4.57 Å². The maximum absolute atomic E-state index is 10.8. The molecular formula is C21H20BrN3O4. The monoisotopic (exact) mass is 457 g/mol. The zero-order valence-corrected chi connectivity index (χ0v) is 17.3. The fourth-order valence-corrected chi connectivity index (χ4v) is 3.99. The van der Waals surface area contributed by atoms with Crippen LogP contribution in [0.4, 0.5) is 5.69 Å². The van der Waals surface area contributed by atoms with E-state index in [1.165, 1.54) is 16.7 Å². The minimum absolute atomic E-state index is 0. The Kier molecular flexibility index (Phi) is 5.27. The van der Waals surface area contributed by atoms with Crippen LogP contribution in [0, 0.1) is 10.1 Å². The van der Waals surface area contributed by atoms with Crippen molar-refractivity contribution in [2.45, 2.75) is 25.9 Å². The predicted octanol–water partition coefficient (Wildman–Crippen LogP) is -0.346. The second-order valence-electron chi connectivity index (χ2n) is 7.20. The van der Waals surface area contributed by atoms with E-state index in [-0.39, 0.29) is 27.6 Å². The van der Waals surface area contributed by atoms with Crippen molar-refractivity contribution in [1.29, 1.82) is 0 Å². The van der Waals surface area contributed by atoms with Crippen molar-refractivity contribution in [2.75, 3.05) is 13.2 Å². The third kappa shape index (κ3) is 3.72. The fourth-order valence-electron chi connectivity index (χ4n) is 3.99. The Morgan fingerprint density at radius 3 is 2.72 bits per heavy atom. The third-order valence-electron chi connectivity index (χ3n) is 5.36. The average molecular weight is 458 g/mol. The number of hydrogen-bond donors (Lipinski definition) is 0. The Balaban J connectivity index is 0.00000205. The van der Waals surface area contributed by atoms with Crippen molar-refractivity contribution in [2.24, 2.45) is 0 Å². The summed E-state index contributed by atoms with van der Waals surface area (Å²) in [5, 5.41) is 10.8. The zero-order valence-electron chi connectivity index (χ0n) is 15.7. The van der Waals surface area contributed by atoms with Crippen LogP contribution in [0.15, 0.2) is 49.1 Å². The molecule has 2 aliphatic rings. The van der Waals surface area contributed by atoms with E-state index in [2.05, 4.69) is 21.5 Å².